The molecule has 0 aromatic rings. The van der Waals surface area contributed by atoms with Crippen LogP contribution in [0.25, 0.3) is 0 Å². The number of alkyl halides is 1. The fraction of sp³-hybridized carbons (Fsp3) is 0.875. The van der Waals surface area contributed by atoms with Crippen LogP contribution in [0.5, 0.6) is 0 Å². The number of halogens is 1. The highest BCUT2D eigenvalue weighted by Crippen LogP contribution is 2.27. The number of carbonyl (C=O) groups is 2. The third kappa shape index (κ3) is 4.80. The molecular formula is C16H27FN2O4. The van der Waals surface area contributed by atoms with Crippen molar-refractivity contribution in [1.82, 2.24) is 9.80 Å². The van der Waals surface area contributed by atoms with Gasteiger partial charge < -0.3 is 14.4 Å². The molecule has 2 heterocycles. The molecule has 0 aliphatic carbocycles. The van der Waals surface area contributed by atoms with Crippen LogP contribution >= 0.6 is 0 Å². The lowest BCUT2D eigenvalue weighted by Gasteiger charge is -2.46. The Kier molecular flexibility index (Phi) is 5.49. The van der Waals surface area contributed by atoms with Crippen LogP contribution in [0.15, 0.2) is 0 Å². The Balaban J connectivity index is 2.05. The highest BCUT2D eigenvalue weighted by Gasteiger charge is 2.41. The van der Waals surface area contributed by atoms with Gasteiger partial charge in [-0.25, -0.2) is 9.18 Å². The monoisotopic (exact) mass is 330 g/mol. The van der Waals surface area contributed by atoms with Crippen LogP contribution in [0.3, 0.4) is 0 Å². The number of amides is 1. The normalized spacial score (nSPS) is 26.6. The number of piperidine rings is 1. The maximum atomic E-state index is 13.1. The highest BCUT2D eigenvalue weighted by atomic mass is 19.1. The molecule has 2 saturated heterocycles. The summed E-state index contributed by atoms with van der Waals surface area (Å²) in [4.78, 5) is 28.0. The summed E-state index contributed by atoms with van der Waals surface area (Å²) in [7, 11) is 0. The average Bonchev–Trinajstić information content (AvgIpc) is 2.42. The molecular weight excluding hydrogens is 303 g/mol. The molecule has 0 bridgehead atoms. The van der Waals surface area contributed by atoms with Crippen LogP contribution in [-0.4, -0.2) is 72.5 Å². The van der Waals surface area contributed by atoms with E-state index in [1.54, 1.807) is 32.6 Å². The summed E-state index contributed by atoms with van der Waals surface area (Å²) in [5.41, 5.74) is -0.593. The van der Waals surface area contributed by atoms with Crippen molar-refractivity contribution in [3.8, 4) is 0 Å². The molecule has 2 aliphatic rings. The second-order valence-electron chi connectivity index (χ2n) is 7.28. The van der Waals surface area contributed by atoms with Crippen LogP contribution in [0.2, 0.25) is 0 Å². The third-order valence-corrected chi connectivity index (χ3v) is 4.08. The van der Waals surface area contributed by atoms with Gasteiger partial charge in [-0.2, -0.15) is 0 Å². The topological polar surface area (TPSA) is 59.1 Å². The summed E-state index contributed by atoms with van der Waals surface area (Å²) in [5, 5.41) is 0. The number of ether oxygens (including phenoxy) is 2. The smallest absolute Gasteiger partial charge is 0.410 e. The SMILES string of the molecule is CCOC(=O)C1CC(N2CC(F)C2)CN(C(=O)OC(C)(C)C)C1. The molecule has 0 aromatic carbocycles. The minimum absolute atomic E-state index is 0.0299. The summed E-state index contributed by atoms with van der Waals surface area (Å²) in [6.45, 7) is 8.95. The molecule has 2 fully saturated rings. The van der Waals surface area contributed by atoms with E-state index in [0.717, 1.165) is 0 Å². The average molecular weight is 330 g/mol. The summed E-state index contributed by atoms with van der Waals surface area (Å²) >= 11 is 0. The second-order valence-corrected chi connectivity index (χ2v) is 7.28. The highest BCUT2D eigenvalue weighted by molar-refractivity contribution is 5.75. The number of rotatable bonds is 3. The summed E-state index contributed by atoms with van der Waals surface area (Å²) in [6.07, 6.45) is -0.660. The molecule has 0 aromatic heterocycles. The number of hydrogen-bond donors (Lipinski definition) is 0. The first-order chi connectivity index (χ1) is 10.7. The summed E-state index contributed by atoms with van der Waals surface area (Å²) < 4.78 is 23.6. The fourth-order valence-electron chi connectivity index (χ4n) is 3.00. The van der Waals surface area contributed by atoms with Crippen LogP contribution < -0.4 is 0 Å². The summed E-state index contributed by atoms with van der Waals surface area (Å²) in [6, 6.07) is -0.0299. The van der Waals surface area contributed by atoms with E-state index in [1.807, 2.05) is 4.90 Å². The summed E-state index contributed by atoms with van der Waals surface area (Å²) in [5.74, 6) is -0.692. The van der Waals surface area contributed by atoms with Crippen molar-refractivity contribution in [3.63, 3.8) is 0 Å². The van der Waals surface area contributed by atoms with E-state index in [2.05, 4.69) is 0 Å². The van der Waals surface area contributed by atoms with E-state index in [4.69, 9.17) is 9.47 Å². The Morgan fingerprint density at radius 1 is 1.17 bits per heavy atom. The van der Waals surface area contributed by atoms with E-state index in [-0.39, 0.29) is 24.5 Å². The molecule has 7 heteroatoms. The predicted molar refractivity (Wildman–Crippen MR) is 82.8 cm³/mol. The first-order valence-corrected chi connectivity index (χ1v) is 8.22. The molecule has 0 spiro atoms. The number of carbonyl (C=O) groups excluding carboxylic acids is 2. The van der Waals surface area contributed by atoms with Crippen molar-refractivity contribution < 1.29 is 23.5 Å². The Hall–Kier alpha value is -1.37. The zero-order valence-corrected chi connectivity index (χ0v) is 14.4. The maximum absolute atomic E-state index is 13.1. The van der Waals surface area contributed by atoms with Gasteiger partial charge in [-0.3, -0.25) is 9.69 Å². The Morgan fingerprint density at radius 2 is 1.83 bits per heavy atom. The zero-order chi connectivity index (χ0) is 17.2. The van der Waals surface area contributed by atoms with Gasteiger partial charge in [-0.05, 0) is 34.1 Å². The molecule has 0 saturated carbocycles. The molecule has 6 nitrogen and oxygen atoms in total. The van der Waals surface area contributed by atoms with E-state index < -0.39 is 17.9 Å². The lowest BCUT2D eigenvalue weighted by atomic mass is 9.91. The van der Waals surface area contributed by atoms with Crippen molar-refractivity contribution in [1.29, 1.82) is 0 Å². The van der Waals surface area contributed by atoms with Gasteiger partial charge in [0.25, 0.3) is 0 Å². The molecule has 2 atom stereocenters. The second kappa shape index (κ2) is 7.03. The number of hydrogen-bond acceptors (Lipinski definition) is 5. The van der Waals surface area contributed by atoms with Crippen LogP contribution in [-0.2, 0) is 14.3 Å². The van der Waals surface area contributed by atoms with Gasteiger partial charge in [0.2, 0.25) is 0 Å². The van der Waals surface area contributed by atoms with Crippen LogP contribution in [0.1, 0.15) is 34.1 Å². The van der Waals surface area contributed by atoms with Gasteiger partial charge in [-0.15, -0.1) is 0 Å². The van der Waals surface area contributed by atoms with Gasteiger partial charge in [0.15, 0.2) is 0 Å². The Bertz CT molecular complexity index is 446. The first-order valence-electron chi connectivity index (χ1n) is 8.22. The van der Waals surface area contributed by atoms with E-state index >= 15 is 0 Å². The molecule has 132 valence electrons. The molecule has 0 N–H and O–H groups in total. The minimum Gasteiger partial charge on any atom is -0.466 e. The minimum atomic E-state index is -0.812. The number of likely N-dealkylation sites (tertiary alicyclic amines) is 2. The van der Waals surface area contributed by atoms with E-state index in [1.165, 1.54) is 0 Å². The molecule has 23 heavy (non-hydrogen) atoms. The van der Waals surface area contributed by atoms with Gasteiger partial charge in [0.1, 0.15) is 11.8 Å². The molecule has 0 radical (unpaired) electrons. The quantitative estimate of drug-likeness (QED) is 0.739. The van der Waals surface area contributed by atoms with Crippen LogP contribution in [0.4, 0.5) is 9.18 Å². The molecule has 1 amide bonds. The third-order valence-electron chi connectivity index (χ3n) is 4.08. The number of nitrogens with zero attached hydrogens (tertiary/aromatic N) is 2. The van der Waals surface area contributed by atoms with Crippen LogP contribution in [0, 0.1) is 5.92 Å². The number of esters is 1. The Morgan fingerprint density at radius 3 is 2.35 bits per heavy atom. The van der Waals surface area contributed by atoms with Gasteiger partial charge >= 0.3 is 12.1 Å². The van der Waals surface area contributed by atoms with Crippen molar-refractivity contribution >= 4 is 12.1 Å². The fourth-order valence-corrected chi connectivity index (χ4v) is 3.00. The van der Waals surface area contributed by atoms with Crippen molar-refractivity contribution in [2.45, 2.75) is 51.9 Å². The van der Waals surface area contributed by atoms with Crippen molar-refractivity contribution in [2.24, 2.45) is 5.92 Å². The standard InChI is InChI=1S/C16H27FN2O4/c1-5-22-14(20)11-6-13(18-8-12(17)9-18)10-19(7-11)15(21)23-16(2,3)4/h11-13H,5-10H2,1-4H3. The first kappa shape index (κ1) is 18.0. The van der Waals surface area contributed by atoms with Gasteiger partial charge in [0, 0.05) is 32.2 Å². The van der Waals surface area contributed by atoms with Gasteiger partial charge in [-0.1, -0.05) is 0 Å². The Labute approximate surface area is 136 Å². The van der Waals surface area contributed by atoms with E-state index in [0.29, 0.717) is 32.7 Å². The lowest BCUT2D eigenvalue weighted by molar-refractivity contribution is -0.151. The van der Waals surface area contributed by atoms with Crippen molar-refractivity contribution in [3.05, 3.63) is 0 Å². The molecule has 2 rings (SSSR count). The zero-order valence-electron chi connectivity index (χ0n) is 14.4. The predicted octanol–water partition coefficient (Wildman–Crippen LogP) is 1.83. The van der Waals surface area contributed by atoms with E-state index in [9.17, 15) is 14.0 Å². The van der Waals surface area contributed by atoms with Crippen molar-refractivity contribution in [2.75, 3.05) is 32.8 Å². The largest absolute Gasteiger partial charge is 0.466 e. The molecule has 2 aliphatic heterocycles. The van der Waals surface area contributed by atoms with Gasteiger partial charge in [0.05, 0.1) is 12.5 Å². The molecule has 2 unspecified atom stereocenters. The lowest BCUT2D eigenvalue weighted by Crippen LogP contribution is -2.61. The maximum Gasteiger partial charge on any atom is 0.410 e.